The zero-order valence-electron chi connectivity index (χ0n) is 15.3. The Kier molecular flexibility index (Phi) is 15.9. The normalized spacial score (nSPS) is 9.19. The van der Waals surface area contributed by atoms with E-state index < -0.39 is 0 Å². The number of ether oxygens (including phenoxy) is 1. The molecule has 0 radical (unpaired) electrons. The van der Waals surface area contributed by atoms with Crippen LogP contribution in [-0.4, -0.2) is 7.11 Å². The van der Waals surface area contributed by atoms with E-state index >= 15 is 0 Å². The molecule has 0 N–H and O–H groups in total. The Bertz CT molecular complexity index is 695. The van der Waals surface area contributed by atoms with Crippen LogP contribution in [0.5, 0.6) is 5.75 Å². The molecule has 138 valence electrons. The summed E-state index contributed by atoms with van der Waals surface area (Å²) in [6.07, 6.45) is 3.00. The van der Waals surface area contributed by atoms with Gasteiger partial charge in [-0.25, -0.2) is 12.1 Å². The number of methoxy groups -OCH3 is 1. The Morgan fingerprint density at radius 1 is 1.00 bits per heavy atom. The molecule has 3 aromatic rings. The molecule has 0 aliphatic heterocycles. The maximum Gasteiger partial charge on any atom is 2.00 e. The van der Waals surface area contributed by atoms with Crippen molar-refractivity contribution in [2.24, 2.45) is 0 Å². The van der Waals surface area contributed by atoms with Crippen molar-refractivity contribution in [3.05, 3.63) is 90.3 Å². The van der Waals surface area contributed by atoms with Gasteiger partial charge in [-0.05, 0) is 6.42 Å². The summed E-state index contributed by atoms with van der Waals surface area (Å²) in [5.41, 5.74) is 5.25. The summed E-state index contributed by atoms with van der Waals surface area (Å²) < 4.78 is 5.22. The van der Waals surface area contributed by atoms with Crippen molar-refractivity contribution < 1.29 is 55.8 Å². The maximum absolute atomic E-state index is 5.22. The molecule has 0 unspecified atom stereocenters. The number of rotatable bonds is 1. The summed E-state index contributed by atoms with van der Waals surface area (Å²) in [7, 11) is 1.69. The van der Waals surface area contributed by atoms with Crippen LogP contribution in [0.4, 0.5) is 0 Å². The van der Waals surface area contributed by atoms with Gasteiger partial charge in [-0.15, -0.1) is 23.3 Å². The molecule has 4 rings (SSSR count). The Balaban J connectivity index is 0. The van der Waals surface area contributed by atoms with Crippen LogP contribution >= 0.6 is 0 Å². The number of fused-ring (bicyclic) bond motifs is 3. The molecule has 0 heterocycles. The fraction of sp³-hybridized carbons (Fsp3) is 0.182. The predicted octanol–water partition coefficient (Wildman–Crippen LogP) is -0.292. The van der Waals surface area contributed by atoms with Crippen molar-refractivity contribution in [2.45, 2.75) is 20.3 Å². The largest absolute Gasteiger partial charge is 2.00 e. The smallest absolute Gasteiger partial charge is 1.00 e. The van der Waals surface area contributed by atoms with E-state index in [9.17, 15) is 0 Å². The summed E-state index contributed by atoms with van der Waals surface area (Å²) in [5, 5.41) is 0. The second-order valence-electron chi connectivity index (χ2n) is 5.31. The maximum atomic E-state index is 5.22. The van der Waals surface area contributed by atoms with Gasteiger partial charge >= 0.3 is 26.2 Å². The van der Waals surface area contributed by atoms with E-state index in [2.05, 4.69) is 36.4 Å². The summed E-state index contributed by atoms with van der Waals surface area (Å²) in [5.74, 6) is 0.880. The molecule has 0 fully saturated rings. The van der Waals surface area contributed by atoms with Gasteiger partial charge in [0.2, 0.25) is 0 Å². The van der Waals surface area contributed by atoms with Gasteiger partial charge < -0.3 is 36.0 Å². The minimum atomic E-state index is 0. The van der Waals surface area contributed by atoms with Crippen LogP contribution in [0.15, 0.2) is 66.7 Å². The van der Waals surface area contributed by atoms with Crippen LogP contribution in [-0.2, 0) is 32.6 Å². The van der Waals surface area contributed by atoms with Crippen molar-refractivity contribution in [1.82, 2.24) is 0 Å². The minimum Gasteiger partial charge on any atom is -1.00 e. The van der Waals surface area contributed by atoms with Gasteiger partial charge in [-0.3, -0.25) is 0 Å². The average Bonchev–Trinajstić information content (AvgIpc) is 3.26. The van der Waals surface area contributed by atoms with Crippen LogP contribution in [0.3, 0.4) is 0 Å². The fourth-order valence-corrected chi connectivity index (χ4v) is 2.46. The predicted molar refractivity (Wildman–Crippen MR) is 97.8 cm³/mol. The van der Waals surface area contributed by atoms with E-state index in [-0.39, 0.29) is 51.0 Å². The van der Waals surface area contributed by atoms with Crippen LogP contribution < -0.4 is 29.6 Å². The van der Waals surface area contributed by atoms with Crippen LogP contribution in [0.2, 0.25) is 0 Å². The molecule has 0 saturated heterocycles. The van der Waals surface area contributed by atoms with E-state index in [0.29, 0.717) is 0 Å². The summed E-state index contributed by atoms with van der Waals surface area (Å²) >= 11 is 0. The van der Waals surface area contributed by atoms with Crippen molar-refractivity contribution in [1.29, 1.82) is 0 Å². The first kappa shape index (κ1) is 27.3. The van der Waals surface area contributed by atoms with Gasteiger partial charge in [0, 0.05) is 5.75 Å². The van der Waals surface area contributed by atoms with Crippen LogP contribution in [0.1, 0.15) is 25.0 Å². The van der Waals surface area contributed by atoms with E-state index in [4.69, 9.17) is 4.74 Å². The first-order chi connectivity index (χ1) is 11.3. The van der Waals surface area contributed by atoms with Crippen molar-refractivity contribution in [2.75, 3.05) is 7.11 Å². The molecule has 0 spiro atoms. The second kappa shape index (κ2) is 15.1. The second-order valence-corrected chi connectivity index (χ2v) is 5.31. The zero-order chi connectivity index (χ0) is 16.5. The number of halogens is 2. The molecule has 0 aromatic heterocycles. The zero-order valence-corrected chi connectivity index (χ0v) is 19.3. The van der Waals surface area contributed by atoms with Crippen molar-refractivity contribution >= 4 is 0 Å². The summed E-state index contributed by atoms with van der Waals surface area (Å²) in [4.78, 5) is 0. The molecule has 4 heteroatoms. The molecule has 1 aliphatic rings. The first-order valence-electron chi connectivity index (χ1n) is 7.87. The van der Waals surface area contributed by atoms with Crippen molar-refractivity contribution in [3.63, 3.8) is 0 Å². The topological polar surface area (TPSA) is 9.23 Å². The molecule has 0 bridgehead atoms. The molecule has 0 saturated carbocycles. The van der Waals surface area contributed by atoms with E-state index in [1.165, 1.54) is 22.3 Å². The van der Waals surface area contributed by atoms with Gasteiger partial charge in [0.25, 0.3) is 0 Å². The number of hydrogen-bond donors (Lipinski definition) is 0. The molecule has 1 aliphatic carbocycles. The minimum absolute atomic E-state index is 0. The Labute approximate surface area is 189 Å². The third-order valence-electron chi connectivity index (χ3n) is 3.47. The molecule has 3 aromatic carbocycles. The Morgan fingerprint density at radius 2 is 1.62 bits per heavy atom. The quantitative estimate of drug-likeness (QED) is 0.351. The molecular weight excluding hydrogens is 442 g/mol. The van der Waals surface area contributed by atoms with Crippen LogP contribution in [0, 0.1) is 12.5 Å². The first-order valence-corrected chi connectivity index (χ1v) is 7.87. The molecule has 26 heavy (non-hydrogen) atoms. The van der Waals surface area contributed by atoms with Gasteiger partial charge in [0.15, 0.2) is 0 Å². The SMILES string of the molecule is COc1c[c-]c2c(c1)-c1ccccc1C2.C[CH-]C.[Cl-].[Cl-].[Zr+2].c1cc[cH-]c1. The third kappa shape index (κ3) is 7.74. The van der Waals surface area contributed by atoms with Gasteiger partial charge in [-0.2, -0.15) is 38.1 Å². The van der Waals surface area contributed by atoms with Crippen molar-refractivity contribution in [3.8, 4) is 16.9 Å². The Hall–Kier alpha value is -0.947. The number of benzene rings is 2. The van der Waals surface area contributed by atoms with E-state index in [0.717, 1.165) is 12.2 Å². The average molecular weight is 466 g/mol. The van der Waals surface area contributed by atoms with Gasteiger partial charge in [-0.1, -0.05) is 35.4 Å². The van der Waals surface area contributed by atoms with E-state index in [1.807, 2.05) is 56.7 Å². The third-order valence-corrected chi connectivity index (χ3v) is 3.47. The number of hydrogen-bond acceptors (Lipinski definition) is 1. The summed E-state index contributed by atoms with van der Waals surface area (Å²) in [6, 6.07) is 25.8. The molecule has 0 atom stereocenters. The monoisotopic (exact) mass is 463 g/mol. The van der Waals surface area contributed by atoms with Gasteiger partial charge in [0.05, 0.1) is 7.11 Å². The van der Waals surface area contributed by atoms with E-state index in [1.54, 1.807) is 7.11 Å². The molecular formula is C22H23Cl2OZr-3. The molecule has 0 amide bonds. The summed E-state index contributed by atoms with van der Waals surface area (Å²) in [6.45, 7) is 4.00. The molecule has 1 nitrogen and oxygen atoms in total. The Morgan fingerprint density at radius 3 is 2.15 bits per heavy atom. The fourth-order valence-electron chi connectivity index (χ4n) is 2.46. The van der Waals surface area contributed by atoms with Gasteiger partial charge in [0.1, 0.15) is 0 Å². The van der Waals surface area contributed by atoms with Crippen LogP contribution in [0.25, 0.3) is 11.1 Å². The standard InChI is InChI=1S/C14H11O.C5H5.C3H7.2ClH.Zr/c1-15-12-7-6-11-8-10-4-2-3-5-13(10)14(11)9-12;1-2-4-5-3-1;1-3-2;;;/h2-5,7,9H,8H2,1H3;1-5H;3H,1-2H3;2*1H;/q3*-1;;;+2/p-2.